The summed E-state index contributed by atoms with van der Waals surface area (Å²) in [5.74, 6) is -0.577. The molecular weight excluding hydrogens is 174 g/mol. The summed E-state index contributed by atoms with van der Waals surface area (Å²) in [4.78, 5) is 0. The molecule has 0 aliphatic rings. The normalized spacial score (nSPS) is 12.5. The topological polar surface area (TPSA) is 69.9 Å². The second-order valence-corrected chi connectivity index (χ2v) is 2.41. The third kappa shape index (κ3) is 6.41. The van der Waals surface area contributed by atoms with Gasteiger partial charge in [-0.15, -0.1) is 0 Å². The van der Waals surface area contributed by atoms with Crippen LogP contribution in [0.25, 0.3) is 0 Å². The first kappa shape index (κ1) is 11.7. The Hall–Kier alpha value is -0.300. The molecule has 0 unspecified atom stereocenters. The lowest BCUT2D eigenvalue weighted by molar-refractivity contribution is -0.233. The smallest absolute Gasteiger partial charge is 0.376 e. The minimum Gasteiger partial charge on any atom is -0.396 e. The third-order valence-corrected chi connectivity index (χ3v) is 1.15. The van der Waals surface area contributed by atoms with Gasteiger partial charge in [-0.25, -0.2) is 0 Å². The first-order valence-electron chi connectivity index (χ1n) is 3.39. The maximum absolute atomic E-state index is 11.7. The molecule has 0 amide bonds. The van der Waals surface area contributed by atoms with Crippen molar-refractivity contribution in [3.63, 3.8) is 0 Å². The average Bonchev–Trinajstić information content (AvgIpc) is 1.96. The lowest BCUT2D eigenvalue weighted by Gasteiger charge is -2.13. The third-order valence-electron chi connectivity index (χ3n) is 1.15. The van der Waals surface area contributed by atoms with Crippen molar-refractivity contribution >= 4 is 0 Å². The Morgan fingerprint density at radius 1 is 1.25 bits per heavy atom. The molecule has 0 aromatic carbocycles. The van der Waals surface area contributed by atoms with Gasteiger partial charge in [-0.2, -0.15) is 8.78 Å². The number of alkyl halides is 2. The van der Waals surface area contributed by atoms with Gasteiger partial charge >= 0.3 is 6.11 Å². The molecule has 0 heterocycles. The summed E-state index contributed by atoms with van der Waals surface area (Å²) in [6.07, 6.45) is -3.85. The average molecular weight is 186 g/mol. The second kappa shape index (κ2) is 5.36. The predicted molar refractivity (Wildman–Crippen MR) is 35.6 cm³/mol. The van der Waals surface area contributed by atoms with Crippen molar-refractivity contribution in [2.75, 3.05) is 26.4 Å². The summed E-state index contributed by atoms with van der Waals surface area (Å²) < 4.78 is 27.7. The van der Waals surface area contributed by atoms with E-state index >= 15 is 0 Å². The van der Waals surface area contributed by atoms with Crippen LogP contribution >= 0.6 is 0 Å². The van der Waals surface area contributed by atoms with Gasteiger partial charge in [-0.1, -0.05) is 0 Å². The summed E-state index contributed by atoms with van der Waals surface area (Å²) in [5.41, 5.74) is 0. The summed E-state index contributed by atoms with van der Waals surface area (Å²) in [6, 6.07) is 0. The van der Waals surface area contributed by atoms with Gasteiger partial charge in [0.05, 0.1) is 19.8 Å². The number of ether oxygens (including phenoxy) is 1. The Bertz CT molecular complexity index is 111. The highest BCUT2D eigenvalue weighted by Crippen LogP contribution is 2.08. The molecule has 0 fully saturated rings. The largest absolute Gasteiger partial charge is 0.396 e. The number of hydrogen-bond acceptors (Lipinski definition) is 4. The van der Waals surface area contributed by atoms with Crippen LogP contribution in [0.3, 0.4) is 0 Å². The van der Waals surface area contributed by atoms with E-state index in [2.05, 4.69) is 4.74 Å². The molecule has 0 radical (unpaired) electrons. The van der Waals surface area contributed by atoms with Crippen molar-refractivity contribution in [3.05, 3.63) is 0 Å². The highest BCUT2D eigenvalue weighted by molar-refractivity contribution is 4.54. The van der Waals surface area contributed by atoms with Gasteiger partial charge < -0.3 is 20.1 Å². The zero-order valence-corrected chi connectivity index (χ0v) is 6.41. The van der Waals surface area contributed by atoms with Gasteiger partial charge in [0.1, 0.15) is 6.61 Å². The number of aliphatic hydroxyl groups excluding tert-OH is 2. The maximum Gasteiger partial charge on any atom is 0.376 e. The molecule has 0 aliphatic heterocycles. The fourth-order valence-electron chi connectivity index (χ4n) is 0.512. The molecule has 0 bridgehead atoms. The first-order chi connectivity index (χ1) is 5.49. The van der Waals surface area contributed by atoms with E-state index < -0.39 is 18.6 Å². The van der Waals surface area contributed by atoms with Crippen molar-refractivity contribution in [1.29, 1.82) is 0 Å². The minimum atomic E-state index is -3.85. The quantitative estimate of drug-likeness (QED) is 0.507. The molecule has 3 N–H and O–H groups in total. The Morgan fingerprint density at radius 2 is 1.75 bits per heavy atom. The molecule has 6 heteroatoms. The van der Waals surface area contributed by atoms with Gasteiger partial charge in [-0.05, 0) is 0 Å². The first-order valence-corrected chi connectivity index (χ1v) is 3.39. The molecule has 0 saturated carbocycles. The van der Waals surface area contributed by atoms with Crippen molar-refractivity contribution in [3.8, 4) is 0 Å². The van der Waals surface area contributed by atoms with Crippen LogP contribution in [-0.2, 0) is 4.74 Å². The van der Waals surface area contributed by atoms with Gasteiger partial charge in [-0.3, -0.25) is 0 Å². The standard InChI is InChI=1S/C6H12F2O4/c7-6(8,11)4-12-3-5(1-9)2-10/h5,9-11H,1-4H2. The maximum atomic E-state index is 11.7. The lowest BCUT2D eigenvalue weighted by Crippen LogP contribution is -2.26. The van der Waals surface area contributed by atoms with Crippen LogP contribution in [-0.4, -0.2) is 47.9 Å². The predicted octanol–water partition coefficient (Wildman–Crippen LogP) is -0.811. The molecule has 0 atom stereocenters. The van der Waals surface area contributed by atoms with E-state index in [0.717, 1.165) is 0 Å². The van der Waals surface area contributed by atoms with Crippen LogP contribution in [0.15, 0.2) is 0 Å². The van der Waals surface area contributed by atoms with E-state index in [1.54, 1.807) is 0 Å². The molecule has 12 heavy (non-hydrogen) atoms. The fraction of sp³-hybridized carbons (Fsp3) is 1.00. The Kier molecular flexibility index (Phi) is 5.23. The molecule has 74 valence electrons. The van der Waals surface area contributed by atoms with Gasteiger partial charge in [0.2, 0.25) is 0 Å². The molecular formula is C6H12F2O4. The van der Waals surface area contributed by atoms with E-state index in [9.17, 15) is 8.78 Å². The Labute approximate surface area is 68.4 Å². The van der Waals surface area contributed by atoms with E-state index in [1.165, 1.54) is 0 Å². The number of rotatable bonds is 6. The molecule has 0 spiro atoms. The SMILES string of the molecule is OCC(CO)COCC(O)(F)F. The molecule has 0 aromatic rings. The van der Waals surface area contributed by atoms with Crippen LogP contribution in [0, 0.1) is 5.92 Å². The number of aliphatic hydroxyl groups is 3. The molecule has 0 saturated heterocycles. The van der Waals surface area contributed by atoms with Gasteiger partial charge in [0.25, 0.3) is 0 Å². The van der Waals surface area contributed by atoms with E-state index in [1.807, 2.05) is 0 Å². The Morgan fingerprint density at radius 3 is 2.08 bits per heavy atom. The summed E-state index contributed by atoms with van der Waals surface area (Å²) in [5, 5.41) is 24.8. The minimum absolute atomic E-state index is 0.205. The number of hydrogen-bond donors (Lipinski definition) is 3. The van der Waals surface area contributed by atoms with Crippen LogP contribution in [0.2, 0.25) is 0 Å². The molecule has 0 aliphatic carbocycles. The van der Waals surface area contributed by atoms with Crippen LogP contribution in [0.1, 0.15) is 0 Å². The van der Waals surface area contributed by atoms with E-state index in [0.29, 0.717) is 0 Å². The molecule has 4 nitrogen and oxygen atoms in total. The van der Waals surface area contributed by atoms with Gasteiger partial charge in [0.15, 0.2) is 0 Å². The number of halogens is 2. The highest BCUT2D eigenvalue weighted by Gasteiger charge is 2.24. The van der Waals surface area contributed by atoms with Gasteiger partial charge in [0, 0.05) is 5.92 Å². The summed E-state index contributed by atoms with van der Waals surface area (Å²) in [6.45, 7) is -2.01. The van der Waals surface area contributed by atoms with E-state index in [-0.39, 0.29) is 19.8 Å². The second-order valence-electron chi connectivity index (χ2n) is 2.41. The Balaban J connectivity index is 3.41. The van der Waals surface area contributed by atoms with Crippen molar-refractivity contribution in [2.45, 2.75) is 6.11 Å². The van der Waals surface area contributed by atoms with E-state index in [4.69, 9.17) is 15.3 Å². The van der Waals surface area contributed by atoms with Crippen molar-refractivity contribution < 1.29 is 28.8 Å². The zero-order chi connectivity index (χ0) is 9.61. The highest BCUT2D eigenvalue weighted by atomic mass is 19.3. The molecule has 0 rings (SSSR count). The van der Waals surface area contributed by atoms with Crippen molar-refractivity contribution in [2.24, 2.45) is 5.92 Å². The fourth-order valence-corrected chi connectivity index (χ4v) is 0.512. The lowest BCUT2D eigenvalue weighted by atomic mass is 10.2. The van der Waals surface area contributed by atoms with Crippen molar-refractivity contribution in [1.82, 2.24) is 0 Å². The summed E-state index contributed by atoms with van der Waals surface area (Å²) in [7, 11) is 0. The van der Waals surface area contributed by atoms with Crippen LogP contribution in [0.4, 0.5) is 8.78 Å². The zero-order valence-electron chi connectivity index (χ0n) is 6.41. The molecule has 0 aromatic heterocycles. The van der Waals surface area contributed by atoms with Crippen LogP contribution < -0.4 is 0 Å². The monoisotopic (exact) mass is 186 g/mol. The van der Waals surface area contributed by atoms with Crippen LogP contribution in [0.5, 0.6) is 0 Å². The summed E-state index contributed by atoms with van der Waals surface area (Å²) >= 11 is 0.